The summed E-state index contributed by atoms with van der Waals surface area (Å²) < 4.78 is 0. The summed E-state index contributed by atoms with van der Waals surface area (Å²) in [6.45, 7) is 0. The molecule has 6 heteroatoms. The number of H-pyrrole nitrogens is 1. The molecule has 1 aromatic carbocycles. The van der Waals surface area contributed by atoms with E-state index in [-0.39, 0.29) is 11.5 Å². The molecule has 3 rings (SSSR count). The predicted octanol–water partition coefficient (Wildman–Crippen LogP) is 1.05. The highest BCUT2D eigenvalue weighted by atomic mass is 16.2. The third-order valence-corrected chi connectivity index (χ3v) is 3.10. The van der Waals surface area contributed by atoms with Gasteiger partial charge in [0.25, 0.3) is 5.56 Å². The molecule has 0 atom stereocenters. The molecule has 1 aliphatic rings. The van der Waals surface area contributed by atoms with E-state index in [4.69, 9.17) is 0 Å². The third kappa shape index (κ3) is 2.49. The molecule has 0 radical (unpaired) electrons. The molecule has 1 aromatic heterocycles. The van der Waals surface area contributed by atoms with Gasteiger partial charge in [0.2, 0.25) is 5.91 Å². The van der Waals surface area contributed by atoms with Gasteiger partial charge in [0, 0.05) is 24.5 Å². The summed E-state index contributed by atoms with van der Waals surface area (Å²) in [6, 6.07) is 10.8. The number of aromatic nitrogens is 2. The standard InChI is InChI=1S/C14H12N4O2/c19-13-7-5-11(15-17-13)9-1-2-10(4-3-9)12-6-8-14(20)18-16-12/h1-5,7H,6,8H2,(H,17,19)(H,18,20). The number of carbonyl (C=O) groups is 1. The van der Waals surface area contributed by atoms with Gasteiger partial charge in [-0.05, 0) is 11.6 Å². The summed E-state index contributed by atoms with van der Waals surface area (Å²) in [5, 5.41) is 10.4. The van der Waals surface area contributed by atoms with Crippen molar-refractivity contribution in [1.82, 2.24) is 15.6 Å². The summed E-state index contributed by atoms with van der Waals surface area (Å²) >= 11 is 0. The third-order valence-electron chi connectivity index (χ3n) is 3.10. The second-order valence-electron chi connectivity index (χ2n) is 4.48. The van der Waals surface area contributed by atoms with Crippen LogP contribution in [0, 0.1) is 0 Å². The Morgan fingerprint density at radius 1 is 0.900 bits per heavy atom. The second kappa shape index (κ2) is 5.08. The molecule has 0 bridgehead atoms. The lowest BCUT2D eigenvalue weighted by Gasteiger charge is -2.12. The average Bonchev–Trinajstić information content (AvgIpc) is 2.49. The first kappa shape index (κ1) is 12.3. The number of nitrogens with one attached hydrogen (secondary N) is 2. The van der Waals surface area contributed by atoms with Crippen LogP contribution < -0.4 is 11.0 Å². The van der Waals surface area contributed by atoms with E-state index in [2.05, 4.69) is 20.7 Å². The van der Waals surface area contributed by atoms with Gasteiger partial charge in [-0.2, -0.15) is 10.2 Å². The fourth-order valence-electron chi connectivity index (χ4n) is 2.02. The van der Waals surface area contributed by atoms with Gasteiger partial charge >= 0.3 is 0 Å². The molecule has 0 unspecified atom stereocenters. The van der Waals surface area contributed by atoms with E-state index in [9.17, 15) is 9.59 Å². The SMILES string of the molecule is O=C1CCC(c2ccc(-c3ccc(=O)[nH]n3)cc2)=NN1. The number of hydrazone groups is 1. The predicted molar refractivity (Wildman–Crippen MR) is 74.2 cm³/mol. The van der Waals surface area contributed by atoms with Crippen LogP contribution in [0.2, 0.25) is 0 Å². The first-order chi connectivity index (χ1) is 9.72. The lowest BCUT2D eigenvalue weighted by Crippen LogP contribution is -2.25. The van der Waals surface area contributed by atoms with Crippen molar-refractivity contribution >= 4 is 11.6 Å². The molecule has 2 N–H and O–H groups in total. The summed E-state index contributed by atoms with van der Waals surface area (Å²) in [5.41, 5.74) is 5.70. The molecule has 2 aromatic rings. The average molecular weight is 268 g/mol. The molecule has 0 fully saturated rings. The Kier molecular flexibility index (Phi) is 3.12. The molecule has 0 saturated heterocycles. The summed E-state index contributed by atoms with van der Waals surface area (Å²) in [6.07, 6.45) is 1.10. The maximum atomic E-state index is 11.1. The fraction of sp³-hybridized carbons (Fsp3) is 0.143. The Labute approximate surface area is 114 Å². The van der Waals surface area contributed by atoms with Crippen molar-refractivity contribution in [3.63, 3.8) is 0 Å². The number of hydrogen-bond acceptors (Lipinski definition) is 4. The lowest BCUT2D eigenvalue weighted by atomic mass is 10.0. The molecule has 20 heavy (non-hydrogen) atoms. The molecule has 1 aliphatic heterocycles. The quantitative estimate of drug-likeness (QED) is 0.853. The molecule has 0 spiro atoms. The van der Waals surface area contributed by atoms with Gasteiger partial charge in [0.05, 0.1) is 11.4 Å². The minimum absolute atomic E-state index is 0.0530. The Bertz CT molecular complexity index is 711. The Morgan fingerprint density at radius 2 is 1.65 bits per heavy atom. The monoisotopic (exact) mass is 268 g/mol. The number of nitrogens with zero attached hydrogens (tertiary/aromatic N) is 2. The number of hydrogen-bond donors (Lipinski definition) is 2. The van der Waals surface area contributed by atoms with E-state index in [1.165, 1.54) is 6.07 Å². The largest absolute Gasteiger partial charge is 0.273 e. The fourth-order valence-corrected chi connectivity index (χ4v) is 2.02. The van der Waals surface area contributed by atoms with E-state index in [0.29, 0.717) is 18.5 Å². The van der Waals surface area contributed by atoms with E-state index in [0.717, 1.165) is 16.8 Å². The minimum atomic E-state index is -0.224. The Balaban J connectivity index is 1.86. The van der Waals surface area contributed by atoms with Crippen LogP contribution in [0.1, 0.15) is 18.4 Å². The van der Waals surface area contributed by atoms with Crippen LogP contribution >= 0.6 is 0 Å². The molecule has 100 valence electrons. The molecule has 0 aliphatic carbocycles. The zero-order chi connectivity index (χ0) is 13.9. The highest BCUT2D eigenvalue weighted by Gasteiger charge is 2.13. The summed E-state index contributed by atoms with van der Waals surface area (Å²) in [5.74, 6) is -0.0530. The molecule has 6 nitrogen and oxygen atoms in total. The van der Waals surface area contributed by atoms with Crippen molar-refractivity contribution < 1.29 is 4.79 Å². The number of amides is 1. The zero-order valence-electron chi connectivity index (χ0n) is 10.6. The number of aromatic amines is 1. The van der Waals surface area contributed by atoms with Crippen molar-refractivity contribution in [2.75, 3.05) is 0 Å². The Hall–Kier alpha value is -2.76. The highest BCUT2D eigenvalue weighted by Crippen LogP contribution is 2.17. The van der Waals surface area contributed by atoms with Crippen LogP contribution in [-0.4, -0.2) is 21.8 Å². The van der Waals surface area contributed by atoms with Crippen LogP contribution in [-0.2, 0) is 4.79 Å². The molecule has 0 saturated carbocycles. The lowest BCUT2D eigenvalue weighted by molar-refractivity contribution is -0.121. The van der Waals surface area contributed by atoms with Crippen LogP contribution in [0.3, 0.4) is 0 Å². The molecular weight excluding hydrogens is 256 g/mol. The molecule has 1 amide bonds. The number of carbonyl (C=O) groups excluding carboxylic acids is 1. The van der Waals surface area contributed by atoms with Gasteiger partial charge in [0.15, 0.2) is 0 Å². The van der Waals surface area contributed by atoms with Gasteiger partial charge in [-0.3, -0.25) is 9.59 Å². The van der Waals surface area contributed by atoms with E-state index in [1.54, 1.807) is 6.07 Å². The first-order valence-electron chi connectivity index (χ1n) is 6.24. The van der Waals surface area contributed by atoms with Crippen LogP contribution in [0.5, 0.6) is 0 Å². The van der Waals surface area contributed by atoms with E-state index < -0.39 is 0 Å². The van der Waals surface area contributed by atoms with E-state index in [1.807, 2.05) is 24.3 Å². The van der Waals surface area contributed by atoms with E-state index >= 15 is 0 Å². The summed E-state index contributed by atoms with van der Waals surface area (Å²) in [7, 11) is 0. The topological polar surface area (TPSA) is 87.2 Å². The molecular formula is C14H12N4O2. The van der Waals surface area contributed by atoms with Gasteiger partial charge < -0.3 is 0 Å². The van der Waals surface area contributed by atoms with Crippen molar-refractivity contribution in [2.45, 2.75) is 12.8 Å². The van der Waals surface area contributed by atoms with Gasteiger partial charge in [0.1, 0.15) is 0 Å². The van der Waals surface area contributed by atoms with Crippen molar-refractivity contribution in [3.05, 3.63) is 52.3 Å². The van der Waals surface area contributed by atoms with Crippen LogP contribution in [0.15, 0.2) is 46.3 Å². The molecule has 2 heterocycles. The normalized spacial score (nSPS) is 14.6. The second-order valence-corrected chi connectivity index (χ2v) is 4.48. The van der Waals surface area contributed by atoms with Crippen LogP contribution in [0.4, 0.5) is 0 Å². The minimum Gasteiger partial charge on any atom is -0.273 e. The number of benzene rings is 1. The number of rotatable bonds is 2. The smallest absolute Gasteiger partial charge is 0.264 e. The highest BCUT2D eigenvalue weighted by molar-refractivity contribution is 6.04. The maximum absolute atomic E-state index is 11.1. The van der Waals surface area contributed by atoms with Crippen molar-refractivity contribution in [3.8, 4) is 11.3 Å². The van der Waals surface area contributed by atoms with Crippen molar-refractivity contribution in [2.24, 2.45) is 5.10 Å². The van der Waals surface area contributed by atoms with Crippen LogP contribution in [0.25, 0.3) is 11.3 Å². The van der Waals surface area contributed by atoms with Gasteiger partial charge in [-0.15, -0.1) is 0 Å². The first-order valence-corrected chi connectivity index (χ1v) is 6.24. The summed E-state index contributed by atoms with van der Waals surface area (Å²) in [4.78, 5) is 22.0. The Morgan fingerprint density at radius 3 is 2.25 bits per heavy atom. The van der Waals surface area contributed by atoms with Gasteiger partial charge in [-0.25, -0.2) is 10.5 Å². The van der Waals surface area contributed by atoms with Crippen molar-refractivity contribution in [1.29, 1.82) is 0 Å². The van der Waals surface area contributed by atoms with Gasteiger partial charge in [-0.1, -0.05) is 24.3 Å². The maximum Gasteiger partial charge on any atom is 0.264 e. The zero-order valence-corrected chi connectivity index (χ0v) is 10.6.